The van der Waals surface area contributed by atoms with Crippen LogP contribution in [0.5, 0.6) is 0 Å². The van der Waals surface area contributed by atoms with Crippen molar-refractivity contribution in [3.63, 3.8) is 0 Å². The molecule has 0 bridgehead atoms. The number of anilines is 1. The number of likely N-dealkylation sites (tertiary alicyclic amines) is 1. The second-order valence-corrected chi connectivity index (χ2v) is 8.61. The monoisotopic (exact) mass is 364 g/mol. The molecule has 25 heavy (non-hydrogen) atoms. The Morgan fingerprint density at radius 1 is 1.24 bits per heavy atom. The zero-order valence-corrected chi connectivity index (χ0v) is 16.0. The van der Waals surface area contributed by atoms with Gasteiger partial charge in [0.1, 0.15) is 5.01 Å². The van der Waals surface area contributed by atoms with Gasteiger partial charge in [-0.05, 0) is 18.8 Å². The molecule has 1 atom stereocenters. The number of aromatic nitrogens is 2. The molecule has 0 spiro atoms. The first-order chi connectivity index (χ1) is 12.0. The maximum atomic E-state index is 12.4. The first kappa shape index (κ1) is 18.3. The molecule has 2 amide bonds. The van der Waals surface area contributed by atoms with E-state index in [4.69, 9.17) is 0 Å². The van der Waals surface area contributed by atoms with E-state index < -0.39 is 0 Å². The Morgan fingerprint density at radius 3 is 2.68 bits per heavy atom. The van der Waals surface area contributed by atoms with Gasteiger partial charge in [0.15, 0.2) is 0 Å². The number of rotatable bonds is 6. The molecule has 2 heterocycles. The Morgan fingerprint density at radius 2 is 2.00 bits per heavy atom. The fourth-order valence-corrected chi connectivity index (χ4v) is 4.46. The highest BCUT2D eigenvalue weighted by atomic mass is 32.1. The third-order valence-electron chi connectivity index (χ3n) is 5.32. The van der Waals surface area contributed by atoms with Gasteiger partial charge in [0, 0.05) is 25.4 Å². The Balaban J connectivity index is 1.44. The molecule has 0 aromatic carbocycles. The molecule has 1 aromatic heterocycles. The molecule has 1 aromatic rings. The molecule has 1 N–H and O–H groups in total. The second-order valence-electron chi connectivity index (χ2n) is 7.60. The zero-order valence-electron chi connectivity index (χ0n) is 15.2. The maximum absolute atomic E-state index is 12.4. The second kappa shape index (κ2) is 8.25. The first-order valence-electron chi connectivity index (χ1n) is 9.45. The van der Waals surface area contributed by atoms with Crippen molar-refractivity contribution in [1.29, 1.82) is 0 Å². The van der Waals surface area contributed by atoms with Gasteiger partial charge in [0.2, 0.25) is 16.9 Å². The van der Waals surface area contributed by atoms with Crippen LogP contribution < -0.4 is 5.32 Å². The van der Waals surface area contributed by atoms with Crippen LogP contribution in [0.2, 0.25) is 0 Å². The summed E-state index contributed by atoms with van der Waals surface area (Å²) in [6, 6.07) is 0. The highest BCUT2D eigenvalue weighted by molar-refractivity contribution is 7.15. The predicted octanol–water partition coefficient (Wildman–Crippen LogP) is 3.42. The lowest BCUT2D eigenvalue weighted by atomic mass is 10.0. The highest BCUT2D eigenvalue weighted by Gasteiger charge is 2.31. The zero-order chi connectivity index (χ0) is 17.8. The standard InChI is InChI=1S/C18H28N4O2S/c1-12(2)17-20-21-18(25-17)19-16(24)14-9-10-22(11-14)15(23)8-7-13-5-3-4-6-13/h12-14H,3-11H2,1-2H3,(H,19,21,24). The average Bonchev–Trinajstić information content (AvgIpc) is 3.32. The minimum atomic E-state index is -0.137. The molecule has 7 heteroatoms. The summed E-state index contributed by atoms with van der Waals surface area (Å²) < 4.78 is 0. The van der Waals surface area contributed by atoms with Crippen LogP contribution in [-0.4, -0.2) is 40.0 Å². The summed E-state index contributed by atoms with van der Waals surface area (Å²) in [6.07, 6.45) is 7.56. The predicted molar refractivity (Wildman–Crippen MR) is 98.5 cm³/mol. The Bertz CT molecular complexity index is 610. The number of nitrogens with zero attached hydrogens (tertiary/aromatic N) is 3. The molecule has 6 nitrogen and oxygen atoms in total. The summed E-state index contributed by atoms with van der Waals surface area (Å²) in [5.41, 5.74) is 0. The molecule has 1 saturated carbocycles. The topological polar surface area (TPSA) is 75.2 Å². The van der Waals surface area contributed by atoms with E-state index in [2.05, 4.69) is 29.4 Å². The van der Waals surface area contributed by atoms with Gasteiger partial charge < -0.3 is 10.2 Å². The van der Waals surface area contributed by atoms with Crippen LogP contribution in [0.1, 0.15) is 69.7 Å². The smallest absolute Gasteiger partial charge is 0.231 e. The number of nitrogens with one attached hydrogen (secondary N) is 1. The van der Waals surface area contributed by atoms with Crippen LogP contribution in [0.25, 0.3) is 0 Å². The Labute approximate surface area is 153 Å². The van der Waals surface area contributed by atoms with E-state index in [0.29, 0.717) is 30.6 Å². The average molecular weight is 365 g/mol. The quantitative estimate of drug-likeness (QED) is 0.839. The molecule has 1 aliphatic heterocycles. The SMILES string of the molecule is CC(C)c1nnc(NC(=O)C2CCN(C(=O)CCC3CCCC3)C2)s1. The summed E-state index contributed by atoms with van der Waals surface area (Å²) in [7, 11) is 0. The van der Waals surface area contributed by atoms with E-state index in [1.807, 2.05) is 4.90 Å². The lowest BCUT2D eigenvalue weighted by Crippen LogP contribution is -2.31. The van der Waals surface area contributed by atoms with Crippen molar-refractivity contribution in [3.05, 3.63) is 5.01 Å². The number of carbonyl (C=O) groups is 2. The molecule has 3 rings (SSSR count). The van der Waals surface area contributed by atoms with Crippen LogP contribution in [0.3, 0.4) is 0 Å². The van der Waals surface area contributed by atoms with E-state index in [0.717, 1.165) is 23.8 Å². The van der Waals surface area contributed by atoms with Gasteiger partial charge in [0.25, 0.3) is 0 Å². The minimum Gasteiger partial charge on any atom is -0.342 e. The summed E-state index contributed by atoms with van der Waals surface area (Å²) in [5.74, 6) is 1.07. The fraction of sp³-hybridized carbons (Fsp3) is 0.778. The van der Waals surface area contributed by atoms with E-state index in [-0.39, 0.29) is 17.7 Å². The van der Waals surface area contributed by atoms with Crippen molar-refractivity contribution in [1.82, 2.24) is 15.1 Å². The van der Waals surface area contributed by atoms with Crippen LogP contribution >= 0.6 is 11.3 Å². The van der Waals surface area contributed by atoms with E-state index >= 15 is 0 Å². The fourth-order valence-electron chi connectivity index (χ4n) is 3.71. The summed E-state index contributed by atoms with van der Waals surface area (Å²) in [4.78, 5) is 26.7. The van der Waals surface area contributed by atoms with Crippen molar-refractivity contribution in [2.24, 2.45) is 11.8 Å². The number of carbonyl (C=O) groups excluding carboxylic acids is 2. The van der Waals surface area contributed by atoms with E-state index in [1.54, 1.807) is 0 Å². The summed E-state index contributed by atoms with van der Waals surface area (Å²) >= 11 is 1.42. The lowest BCUT2D eigenvalue weighted by Gasteiger charge is -2.17. The molecule has 1 unspecified atom stereocenters. The molecular weight excluding hydrogens is 336 g/mol. The van der Waals surface area contributed by atoms with Gasteiger partial charge in [-0.3, -0.25) is 9.59 Å². The van der Waals surface area contributed by atoms with Gasteiger partial charge in [-0.25, -0.2) is 0 Å². The molecular formula is C18H28N4O2S. The molecule has 1 aliphatic carbocycles. The normalized spacial score (nSPS) is 21.2. The van der Waals surface area contributed by atoms with E-state index in [1.165, 1.54) is 37.0 Å². The molecule has 138 valence electrons. The van der Waals surface area contributed by atoms with Gasteiger partial charge in [-0.1, -0.05) is 50.9 Å². The van der Waals surface area contributed by atoms with Crippen molar-refractivity contribution in [3.8, 4) is 0 Å². The van der Waals surface area contributed by atoms with Crippen molar-refractivity contribution >= 4 is 28.3 Å². The first-order valence-corrected chi connectivity index (χ1v) is 10.3. The van der Waals surface area contributed by atoms with Crippen LogP contribution in [-0.2, 0) is 9.59 Å². The molecule has 2 aliphatic rings. The molecule has 1 saturated heterocycles. The molecule has 2 fully saturated rings. The Kier molecular flexibility index (Phi) is 6.04. The maximum Gasteiger partial charge on any atom is 0.231 e. The van der Waals surface area contributed by atoms with Gasteiger partial charge in [-0.15, -0.1) is 10.2 Å². The largest absolute Gasteiger partial charge is 0.342 e. The Hall–Kier alpha value is -1.50. The van der Waals surface area contributed by atoms with Gasteiger partial charge in [-0.2, -0.15) is 0 Å². The number of amides is 2. The highest BCUT2D eigenvalue weighted by Crippen LogP contribution is 2.29. The van der Waals surface area contributed by atoms with Gasteiger partial charge >= 0.3 is 0 Å². The third-order valence-corrected chi connectivity index (χ3v) is 6.46. The van der Waals surface area contributed by atoms with Crippen LogP contribution in [0.4, 0.5) is 5.13 Å². The van der Waals surface area contributed by atoms with Crippen molar-refractivity contribution in [2.45, 2.75) is 64.7 Å². The van der Waals surface area contributed by atoms with Crippen molar-refractivity contribution in [2.75, 3.05) is 18.4 Å². The van der Waals surface area contributed by atoms with Crippen LogP contribution in [0, 0.1) is 11.8 Å². The lowest BCUT2D eigenvalue weighted by molar-refractivity contribution is -0.130. The summed E-state index contributed by atoms with van der Waals surface area (Å²) in [6.45, 7) is 5.33. The van der Waals surface area contributed by atoms with Gasteiger partial charge in [0.05, 0.1) is 5.92 Å². The summed E-state index contributed by atoms with van der Waals surface area (Å²) in [5, 5.41) is 12.5. The number of hydrogen-bond acceptors (Lipinski definition) is 5. The third kappa shape index (κ3) is 4.77. The number of hydrogen-bond donors (Lipinski definition) is 1. The van der Waals surface area contributed by atoms with E-state index in [9.17, 15) is 9.59 Å². The minimum absolute atomic E-state index is 0.0439. The molecule has 0 radical (unpaired) electrons. The van der Waals surface area contributed by atoms with Crippen LogP contribution in [0.15, 0.2) is 0 Å². The van der Waals surface area contributed by atoms with Crippen molar-refractivity contribution < 1.29 is 9.59 Å².